The molecule has 0 saturated carbocycles. The maximum absolute atomic E-state index is 12.4. The van der Waals surface area contributed by atoms with Crippen LogP contribution in [0.2, 0.25) is 0 Å². The third-order valence-corrected chi connectivity index (χ3v) is 3.56. The van der Waals surface area contributed by atoms with E-state index in [0.29, 0.717) is 22.6 Å². The molecule has 0 aliphatic heterocycles. The standard InChI is InChI=1S/C19H16N2O4S/c20-18(23)10-7-16(22)11-25-17-8-3-14(4-9-17)19(24)13-1-5-15(6-2-13)21-12-26/h1-6,8-9H,7,10-11H2,(H2,20,23). The normalized spacial score (nSPS) is 9.85. The van der Waals surface area contributed by atoms with Crippen LogP contribution in [0.4, 0.5) is 5.69 Å². The van der Waals surface area contributed by atoms with Crippen LogP contribution in [-0.4, -0.2) is 29.2 Å². The van der Waals surface area contributed by atoms with Crippen LogP contribution in [0, 0.1) is 0 Å². The molecule has 0 radical (unpaired) electrons. The van der Waals surface area contributed by atoms with Crippen molar-refractivity contribution in [3.63, 3.8) is 0 Å². The van der Waals surface area contributed by atoms with Crippen LogP contribution in [0.5, 0.6) is 5.75 Å². The van der Waals surface area contributed by atoms with Crippen LogP contribution in [0.15, 0.2) is 53.5 Å². The first-order chi connectivity index (χ1) is 12.5. The number of benzene rings is 2. The molecule has 0 fully saturated rings. The summed E-state index contributed by atoms with van der Waals surface area (Å²) < 4.78 is 5.34. The zero-order valence-electron chi connectivity index (χ0n) is 13.8. The van der Waals surface area contributed by atoms with E-state index in [2.05, 4.69) is 22.4 Å². The number of carbonyl (C=O) groups excluding carboxylic acids is 3. The summed E-state index contributed by atoms with van der Waals surface area (Å²) in [6.45, 7) is -0.150. The topological polar surface area (TPSA) is 98.8 Å². The number of hydrogen-bond acceptors (Lipinski definition) is 6. The Labute approximate surface area is 155 Å². The van der Waals surface area contributed by atoms with E-state index >= 15 is 0 Å². The molecule has 0 aliphatic rings. The fraction of sp³-hybridized carbons (Fsp3) is 0.158. The van der Waals surface area contributed by atoms with Gasteiger partial charge in [0.2, 0.25) is 5.91 Å². The van der Waals surface area contributed by atoms with Crippen molar-refractivity contribution in [2.24, 2.45) is 10.7 Å². The lowest BCUT2D eigenvalue weighted by Crippen LogP contribution is -2.16. The van der Waals surface area contributed by atoms with Gasteiger partial charge in [0.25, 0.3) is 0 Å². The highest BCUT2D eigenvalue weighted by molar-refractivity contribution is 7.78. The lowest BCUT2D eigenvalue weighted by atomic mass is 10.0. The Morgan fingerprint density at radius 2 is 1.54 bits per heavy atom. The average molecular weight is 368 g/mol. The third-order valence-electron chi connectivity index (χ3n) is 3.47. The second-order valence-electron chi connectivity index (χ2n) is 5.40. The highest BCUT2D eigenvalue weighted by atomic mass is 32.1. The van der Waals surface area contributed by atoms with Crippen molar-refractivity contribution in [1.82, 2.24) is 0 Å². The number of primary amides is 1. The molecule has 0 spiro atoms. The molecule has 0 atom stereocenters. The molecule has 0 heterocycles. The predicted molar refractivity (Wildman–Crippen MR) is 99.9 cm³/mol. The summed E-state index contributed by atoms with van der Waals surface area (Å²) in [5.41, 5.74) is 6.62. The summed E-state index contributed by atoms with van der Waals surface area (Å²) in [5, 5.41) is 2.27. The van der Waals surface area contributed by atoms with Crippen molar-refractivity contribution in [2.75, 3.05) is 6.61 Å². The maximum atomic E-state index is 12.4. The van der Waals surface area contributed by atoms with Gasteiger partial charge in [-0.25, -0.2) is 0 Å². The molecule has 26 heavy (non-hydrogen) atoms. The van der Waals surface area contributed by atoms with Gasteiger partial charge >= 0.3 is 0 Å². The Bertz CT molecular complexity index is 854. The van der Waals surface area contributed by atoms with Gasteiger partial charge in [-0.15, -0.1) is 0 Å². The zero-order chi connectivity index (χ0) is 18.9. The molecule has 2 rings (SSSR count). The third kappa shape index (κ3) is 5.73. The Morgan fingerprint density at radius 3 is 2.08 bits per heavy atom. The number of thiocarbonyl (C=S) groups is 1. The van der Waals surface area contributed by atoms with E-state index in [0.717, 1.165) is 0 Å². The SMILES string of the molecule is NC(=O)CCC(=O)COc1ccc(C(=O)c2ccc(N=C=S)cc2)cc1. The summed E-state index contributed by atoms with van der Waals surface area (Å²) in [6.07, 6.45) is 0.0549. The number of rotatable bonds is 9. The summed E-state index contributed by atoms with van der Waals surface area (Å²) in [6, 6.07) is 13.1. The van der Waals surface area contributed by atoms with Crippen molar-refractivity contribution >= 4 is 40.5 Å². The molecule has 2 aromatic carbocycles. The van der Waals surface area contributed by atoms with Gasteiger partial charge in [-0.2, -0.15) is 4.99 Å². The van der Waals surface area contributed by atoms with Gasteiger partial charge in [-0.05, 0) is 60.7 Å². The second kappa shape index (κ2) is 9.36. The Balaban J connectivity index is 1.95. The van der Waals surface area contributed by atoms with Crippen LogP contribution < -0.4 is 10.5 Å². The fourth-order valence-electron chi connectivity index (χ4n) is 2.11. The molecule has 0 bridgehead atoms. The van der Waals surface area contributed by atoms with E-state index in [9.17, 15) is 14.4 Å². The molecule has 0 aromatic heterocycles. The summed E-state index contributed by atoms with van der Waals surface area (Å²) in [5.74, 6) is -0.432. The second-order valence-corrected chi connectivity index (χ2v) is 5.58. The van der Waals surface area contributed by atoms with E-state index in [-0.39, 0.29) is 31.0 Å². The molecular formula is C19H16N2O4S. The van der Waals surface area contributed by atoms with Crippen LogP contribution in [0.1, 0.15) is 28.8 Å². The van der Waals surface area contributed by atoms with Gasteiger partial charge in [-0.1, -0.05) is 0 Å². The van der Waals surface area contributed by atoms with Gasteiger partial charge in [0.1, 0.15) is 12.4 Å². The molecule has 132 valence electrons. The Morgan fingerprint density at radius 1 is 0.962 bits per heavy atom. The van der Waals surface area contributed by atoms with Crippen molar-refractivity contribution in [3.8, 4) is 5.75 Å². The Kier molecular flexibility index (Phi) is 6.91. The molecule has 2 aromatic rings. The number of nitrogens with two attached hydrogens (primary N) is 1. The molecular weight excluding hydrogens is 352 g/mol. The molecule has 2 N–H and O–H groups in total. The van der Waals surface area contributed by atoms with Gasteiger partial charge < -0.3 is 10.5 Å². The number of Topliss-reactive ketones (excluding diaryl/α,β-unsaturated/α-hetero) is 1. The van der Waals surface area contributed by atoms with Crippen molar-refractivity contribution < 1.29 is 19.1 Å². The number of amides is 1. The van der Waals surface area contributed by atoms with Gasteiger partial charge in [0, 0.05) is 24.0 Å². The minimum absolute atomic E-state index is 0.00417. The first-order valence-corrected chi connectivity index (χ1v) is 8.16. The van der Waals surface area contributed by atoms with Gasteiger partial charge in [0.15, 0.2) is 11.6 Å². The maximum Gasteiger partial charge on any atom is 0.217 e. The van der Waals surface area contributed by atoms with E-state index in [4.69, 9.17) is 10.5 Å². The average Bonchev–Trinajstić information content (AvgIpc) is 2.65. The molecule has 0 aliphatic carbocycles. The van der Waals surface area contributed by atoms with E-state index < -0.39 is 5.91 Å². The van der Waals surface area contributed by atoms with Crippen molar-refractivity contribution in [2.45, 2.75) is 12.8 Å². The highest BCUT2D eigenvalue weighted by Crippen LogP contribution is 2.18. The number of ether oxygens (including phenoxy) is 1. The molecule has 1 amide bonds. The smallest absolute Gasteiger partial charge is 0.217 e. The van der Waals surface area contributed by atoms with Crippen LogP contribution in [-0.2, 0) is 9.59 Å². The molecule has 0 unspecified atom stereocenters. The van der Waals surface area contributed by atoms with Crippen molar-refractivity contribution in [3.05, 3.63) is 59.7 Å². The van der Waals surface area contributed by atoms with Crippen LogP contribution >= 0.6 is 12.2 Å². The first kappa shape index (κ1) is 19.2. The van der Waals surface area contributed by atoms with E-state index in [1.807, 2.05) is 0 Å². The predicted octanol–water partition coefficient (Wildman–Crippen LogP) is 2.87. The Hall–Kier alpha value is -3.15. The monoisotopic (exact) mass is 368 g/mol. The number of ketones is 2. The van der Waals surface area contributed by atoms with E-state index in [1.54, 1.807) is 48.5 Å². The minimum atomic E-state index is -0.525. The number of nitrogens with zero attached hydrogens (tertiary/aromatic N) is 1. The minimum Gasteiger partial charge on any atom is -0.486 e. The summed E-state index contributed by atoms with van der Waals surface area (Å²) >= 11 is 4.53. The fourth-order valence-corrected chi connectivity index (χ4v) is 2.21. The lowest BCUT2D eigenvalue weighted by molar-refractivity contribution is -0.124. The van der Waals surface area contributed by atoms with Gasteiger partial charge in [-0.3, -0.25) is 14.4 Å². The van der Waals surface area contributed by atoms with Crippen LogP contribution in [0.25, 0.3) is 0 Å². The lowest BCUT2D eigenvalue weighted by Gasteiger charge is -2.06. The number of aliphatic imine (C=N–C) groups is 1. The highest BCUT2D eigenvalue weighted by Gasteiger charge is 2.10. The first-order valence-electron chi connectivity index (χ1n) is 7.75. The summed E-state index contributed by atoms with van der Waals surface area (Å²) in [4.78, 5) is 38.5. The summed E-state index contributed by atoms with van der Waals surface area (Å²) in [7, 11) is 0. The number of carbonyl (C=O) groups is 3. The largest absolute Gasteiger partial charge is 0.486 e. The van der Waals surface area contributed by atoms with E-state index in [1.165, 1.54) is 0 Å². The van der Waals surface area contributed by atoms with Crippen LogP contribution in [0.3, 0.4) is 0 Å². The quantitative estimate of drug-likeness (QED) is 0.417. The number of hydrogen-bond donors (Lipinski definition) is 1. The van der Waals surface area contributed by atoms with Crippen molar-refractivity contribution in [1.29, 1.82) is 0 Å². The number of isothiocyanates is 1. The van der Waals surface area contributed by atoms with Gasteiger partial charge in [0.05, 0.1) is 10.8 Å². The molecule has 0 saturated heterocycles. The molecule has 6 nitrogen and oxygen atoms in total. The zero-order valence-corrected chi connectivity index (χ0v) is 14.6. The molecule has 7 heteroatoms.